The number of nitrogens with one attached hydrogen (secondary N) is 1. The Morgan fingerprint density at radius 2 is 1.54 bits per heavy atom. The summed E-state index contributed by atoms with van der Waals surface area (Å²) >= 11 is 1.64. The molecule has 1 aliphatic heterocycles. The van der Waals surface area contributed by atoms with Gasteiger partial charge in [-0.15, -0.1) is 0 Å². The van der Waals surface area contributed by atoms with Crippen molar-refractivity contribution in [3.05, 3.63) is 114 Å². The third-order valence-corrected chi connectivity index (χ3v) is 12.7. The minimum atomic E-state index is -1.18. The minimum absolute atomic E-state index is 0.149. The molecule has 5 aromatic rings. The molecule has 3 heterocycles. The van der Waals surface area contributed by atoms with Gasteiger partial charge in [-0.1, -0.05) is 122 Å². The van der Waals surface area contributed by atoms with Crippen molar-refractivity contribution in [3.8, 4) is 0 Å². The first kappa shape index (κ1) is 33.5. The van der Waals surface area contributed by atoms with Gasteiger partial charge in [-0.2, -0.15) is 0 Å². The van der Waals surface area contributed by atoms with E-state index >= 15 is 0 Å². The molecular formula is C41H43N5O5S. The van der Waals surface area contributed by atoms with Crippen LogP contribution in [-0.2, 0) is 19.8 Å². The molecule has 0 bridgehead atoms. The fraction of sp³-hybridized carbons (Fsp3) is 0.415. The number of aromatic nitrogens is 4. The normalized spacial score (nSPS) is 26.6. The van der Waals surface area contributed by atoms with E-state index < -0.39 is 17.5 Å². The van der Waals surface area contributed by atoms with Gasteiger partial charge >= 0.3 is 6.09 Å². The predicted octanol–water partition coefficient (Wildman–Crippen LogP) is 8.43. The number of fused-ring (bicyclic) bond motifs is 4. The number of ether oxygens (including phenoxy) is 3. The van der Waals surface area contributed by atoms with E-state index in [-0.39, 0.29) is 35.4 Å². The van der Waals surface area contributed by atoms with E-state index in [2.05, 4.69) is 87.7 Å². The summed E-state index contributed by atoms with van der Waals surface area (Å²) < 4.78 is 23.1. The van der Waals surface area contributed by atoms with Gasteiger partial charge in [0, 0.05) is 10.7 Å². The second kappa shape index (κ2) is 13.0. The van der Waals surface area contributed by atoms with Gasteiger partial charge in [-0.25, -0.2) is 19.7 Å². The Balaban J connectivity index is 1.11. The van der Waals surface area contributed by atoms with Crippen molar-refractivity contribution in [3.63, 3.8) is 0 Å². The Bertz CT molecular complexity index is 1980. The number of benzene rings is 3. The molecule has 52 heavy (non-hydrogen) atoms. The van der Waals surface area contributed by atoms with Gasteiger partial charge < -0.3 is 23.9 Å². The number of carboxylic acid groups (broad SMARTS) is 1. The van der Waals surface area contributed by atoms with Crippen LogP contribution in [0.3, 0.4) is 0 Å². The van der Waals surface area contributed by atoms with Crippen LogP contribution in [-0.4, -0.2) is 60.6 Å². The summed E-state index contributed by atoms with van der Waals surface area (Å²) in [7, 11) is 0. The molecule has 0 spiro atoms. The van der Waals surface area contributed by atoms with Gasteiger partial charge in [0.25, 0.3) is 0 Å². The first-order valence-corrected chi connectivity index (χ1v) is 19.2. The lowest BCUT2D eigenvalue weighted by molar-refractivity contribution is -0.166. The Morgan fingerprint density at radius 1 is 0.923 bits per heavy atom. The molecule has 2 N–H and O–H groups in total. The molecule has 1 saturated heterocycles. The average Bonchev–Trinajstić information content (AvgIpc) is 3.41. The highest BCUT2D eigenvalue weighted by Crippen LogP contribution is 2.72. The monoisotopic (exact) mass is 717 g/mol. The molecule has 5 atom stereocenters. The van der Waals surface area contributed by atoms with E-state index in [0.717, 1.165) is 36.0 Å². The maximum absolute atomic E-state index is 11.9. The van der Waals surface area contributed by atoms with Crippen molar-refractivity contribution >= 4 is 34.8 Å². The van der Waals surface area contributed by atoms with Crippen LogP contribution < -0.4 is 5.32 Å². The molecule has 4 fully saturated rings. The number of imidazole rings is 1. The molecule has 0 radical (unpaired) electrons. The number of hydrogen-bond donors (Lipinski definition) is 2. The highest BCUT2D eigenvalue weighted by atomic mass is 32.2. The molecule has 0 unspecified atom stereocenters. The van der Waals surface area contributed by atoms with Crippen molar-refractivity contribution in [2.24, 2.45) is 11.3 Å². The molecule has 1 amide bonds. The number of thioether (sulfide) groups is 1. The summed E-state index contributed by atoms with van der Waals surface area (Å²) in [4.78, 5) is 26.3. The topological polar surface area (TPSA) is 121 Å². The summed E-state index contributed by atoms with van der Waals surface area (Å²) in [6.45, 7) is 4.38. The van der Waals surface area contributed by atoms with Crippen LogP contribution >= 0.6 is 11.8 Å². The van der Waals surface area contributed by atoms with Gasteiger partial charge in [-0.3, -0.25) is 5.32 Å². The fourth-order valence-electron chi connectivity index (χ4n) is 9.15. The highest BCUT2D eigenvalue weighted by Gasteiger charge is 2.76. The number of amides is 1. The number of rotatable bonds is 10. The zero-order valence-electron chi connectivity index (χ0n) is 29.4. The lowest BCUT2D eigenvalue weighted by Gasteiger charge is -2.38. The van der Waals surface area contributed by atoms with E-state index in [0.29, 0.717) is 28.2 Å². The number of carbonyl (C=O) groups is 1. The maximum atomic E-state index is 11.9. The Labute approximate surface area is 307 Å². The quantitative estimate of drug-likeness (QED) is 0.108. The van der Waals surface area contributed by atoms with E-state index in [1.54, 1.807) is 18.1 Å². The largest absolute Gasteiger partial charge is 0.465 e. The van der Waals surface area contributed by atoms with Gasteiger partial charge in [0.05, 0.1) is 25.1 Å². The van der Waals surface area contributed by atoms with E-state index in [1.807, 2.05) is 32.0 Å². The molecule has 11 heteroatoms. The van der Waals surface area contributed by atoms with Crippen molar-refractivity contribution in [1.82, 2.24) is 19.5 Å². The van der Waals surface area contributed by atoms with Crippen LogP contribution in [0.5, 0.6) is 0 Å². The average molecular weight is 718 g/mol. The predicted molar refractivity (Wildman–Crippen MR) is 198 cm³/mol. The number of anilines is 1. The molecule has 3 aromatic carbocycles. The smallest absolute Gasteiger partial charge is 0.410 e. The van der Waals surface area contributed by atoms with E-state index in [1.165, 1.54) is 19.3 Å². The summed E-state index contributed by atoms with van der Waals surface area (Å²) in [5.41, 5.74) is 2.98. The van der Waals surface area contributed by atoms with Crippen LogP contribution in [0.15, 0.2) is 102 Å². The van der Waals surface area contributed by atoms with Crippen molar-refractivity contribution in [1.29, 1.82) is 0 Å². The molecular weight excluding hydrogens is 675 g/mol. The molecule has 3 aliphatic carbocycles. The van der Waals surface area contributed by atoms with Crippen molar-refractivity contribution in [2.75, 3.05) is 11.9 Å². The summed E-state index contributed by atoms with van der Waals surface area (Å²) in [6.07, 6.45) is 6.76. The van der Waals surface area contributed by atoms with E-state index in [4.69, 9.17) is 24.2 Å². The molecule has 9 rings (SSSR count). The van der Waals surface area contributed by atoms with Crippen LogP contribution in [0.4, 0.5) is 10.6 Å². The van der Waals surface area contributed by atoms with Gasteiger partial charge in [-0.05, 0) is 55.7 Å². The highest BCUT2D eigenvalue weighted by molar-refractivity contribution is 7.99. The molecule has 10 nitrogen and oxygen atoms in total. The Hall–Kier alpha value is -4.29. The number of hydrogen-bond acceptors (Lipinski definition) is 8. The standard InChI is InChI=1S/C41H43N5O5S/c1-39(2)50-33-32(46-25-42-31-35(44-38(47)48)43-37(45-36(31)46)52-29-21-13-6-14-22-29)30-23-40(30,34(33)51-39)24-49-41(26-15-7-3-8-16-26,27-17-9-4-10-18-27)28-19-11-5-12-20-28/h3-5,7-12,15-20,25,29-30,32-34H,6,13-14,21-24H2,1-2H3,(H,47,48)(H,43,44,45)/t30-,32-,33+,34+,40+/m1/s1. The first-order valence-electron chi connectivity index (χ1n) is 18.3. The summed E-state index contributed by atoms with van der Waals surface area (Å²) in [6, 6.07) is 31.2. The zero-order valence-corrected chi connectivity index (χ0v) is 30.2. The van der Waals surface area contributed by atoms with Crippen LogP contribution in [0.2, 0.25) is 0 Å². The maximum Gasteiger partial charge on any atom is 0.410 e. The minimum Gasteiger partial charge on any atom is -0.465 e. The number of nitrogens with zero attached hydrogens (tertiary/aromatic N) is 4. The zero-order chi connectivity index (χ0) is 35.5. The summed E-state index contributed by atoms with van der Waals surface area (Å²) in [5, 5.41) is 13.2. The van der Waals surface area contributed by atoms with Gasteiger partial charge in [0.2, 0.25) is 0 Å². The van der Waals surface area contributed by atoms with Gasteiger partial charge in [0.15, 0.2) is 27.9 Å². The lowest BCUT2D eigenvalue weighted by Crippen LogP contribution is -2.39. The Kier molecular flexibility index (Phi) is 8.37. The lowest BCUT2D eigenvalue weighted by atomic mass is 9.80. The van der Waals surface area contributed by atoms with Crippen LogP contribution in [0, 0.1) is 11.3 Å². The summed E-state index contributed by atoms with van der Waals surface area (Å²) in [5.74, 6) is -0.444. The third-order valence-electron chi connectivity index (χ3n) is 11.5. The first-order chi connectivity index (χ1) is 25.3. The fourth-order valence-corrected chi connectivity index (χ4v) is 10.3. The Morgan fingerprint density at radius 3 is 2.13 bits per heavy atom. The van der Waals surface area contributed by atoms with Crippen molar-refractivity contribution in [2.45, 2.75) is 92.4 Å². The molecule has 4 aliphatic rings. The molecule has 268 valence electrons. The second-order valence-electron chi connectivity index (χ2n) is 15.1. The second-order valence-corrected chi connectivity index (χ2v) is 16.4. The van der Waals surface area contributed by atoms with Crippen LogP contribution in [0.1, 0.15) is 75.1 Å². The van der Waals surface area contributed by atoms with Crippen LogP contribution in [0.25, 0.3) is 11.2 Å². The van der Waals surface area contributed by atoms with Gasteiger partial charge in [0.1, 0.15) is 11.7 Å². The molecule has 3 saturated carbocycles. The third kappa shape index (κ3) is 5.69. The SMILES string of the molecule is CC1(C)O[C@H]2[C@H](n3cnc4c(NC(=O)O)nc(SC5CCCCC5)nc43)[C@H]3C[C@@]3(COC(c3ccccc3)(c3ccccc3)c3ccccc3)[C@H]2O1. The van der Waals surface area contributed by atoms with Crippen molar-refractivity contribution < 1.29 is 24.1 Å². The van der Waals surface area contributed by atoms with E-state index in [9.17, 15) is 9.90 Å². The molecule has 2 aromatic heterocycles.